The molecule has 0 unspecified atom stereocenters. The van der Waals surface area contributed by atoms with Crippen molar-refractivity contribution in [3.63, 3.8) is 0 Å². The topological polar surface area (TPSA) is 73.8 Å². The van der Waals surface area contributed by atoms with Crippen LogP contribution in [0.3, 0.4) is 0 Å². The van der Waals surface area contributed by atoms with Crippen molar-refractivity contribution in [3.05, 3.63) is 63.1 Å². The average Bonchev–Trinajstić information content (AvgIpc) is 3.03. The van der Waals surface area contributed by atoms with Gasteiger partial charge in [0.05, 0.1) is 6.33 Å². The monoisotopic (exact) mass is 327 g/mol. The van der Waals surface area contributed by atoms with E-state index in [1.54, 1.807) is 13.4 Å². The van der Waals surface area contributed by atoms with Gasteiger partial charge >= 0.3 is 5.69 Å². The van der Waals surface area contributed by atoms with Gasteiger partial charge in [0, 0.05) is 27.2 Å². The highest BCUT2D eigenvalue weighted by atomic mass is 16.2. The first-order valence-electron chi connectivity index (χ1n) is 7.95. The van der Waals surface area contributed by atoms with Crippen LogP contribution < -0.4 is 16.6 Å². The Bertz CT molecular complexity index is 953. The molecule has 1 aromatic carbocycles. The van der Waals surface area contributed by atoms with Gasteiger partial charge < -0.3 is 9.88 Å². The number of fused-ring (bicyclic) bond motifs is 1. The lowest BCUT2D eigenvalue weighted by atomic mass is 10.2. The molecule has 0 aliphatic heterocycles. The quantitative estimate of drug-likeness (QED) is 0.673. The average molecular weight is 327 g/mol. The Morgan fingerprint density at radius 1 is 1.08 bits per heavy atom. The van der Waals surface area contributed by atoms with Crippen molar-refractivity contribution in [2.24, 2.45) is 14.1 Å². The normalized spacial score (nSPS) is 11.2. The van der Waals surface area contributed by atoms with Gasteiger partial charge in [-0.2, -0.15) is 0 Å². The minimum Gasteiger partial charge on any atom is -0.325 e. The summed E-state index contributed by atoms with van der Waals surface area (Å²) in [5, 5.41) is 3.39. The van der Waals surface area contributed by atoms with E-state index >= 15 is 0 Å². The van der Waals surface area contributed by atoms with E-state index in [9.17, 15) is 9.59 Å². The number of hydrogen-bond acceptors (Lipinski definition) is 4. The van der Waals surface area contributed by atoms with Gasteiger partial charge in [-0.3, -0.25) is 13.9 Å². The van der Waals surface area contributed by atoms with Crippen molar-refractivity contribution in [1.29, 1.82) is 0 Å². The first kappa shape index (κ1) is 16.2. The summed E-state index contributed by atoms with van der Waals surface area (Å²) in [6, 6.07) is 10.2. The van der Waals surface area contributed by atoms with Crippen LogP contribution in [0.5, 0.6) is 0 Å². The highest BCUT2D eigenvalue weighted by Gasteiger charge is 2.13. The molecule has 0 bridgehead atoms. The van der Waals surface area contributed by atoms with Gasteiger partial charge in [-0.05, 0) is 18.5 Å². The van der Waals surface area contributed by atoms with Gasteiger partial charge in [-0.1, -0.05) is 30.3 Å². The molecule has 3 aromatic rings. The number of rotatable bonds is 6. The van der Waals surface area contributed by atoms with Gasteiger partial charge in [-0.15, -0.1) is 0 Å². The third-order valence-electron chi connectivity index (χ3n) is 4.14. The molecule has 0 spiro atoms. The van der Waals surface area contributed by atoms with E-state index in [0.717, 1.165) is 24.1 Å². The van der Waals surface area contributed by atoms with Crippen molar-refractivity contribution >= 4 is 11.2 Å². The maximum atomic E-state index is 12.3. The molecule has 7 heteroatoms. The number of nitrogens with one attached hydrogen (secondary N) is 1. The largest absolute Gasteiger partial charge is 0.332 e. The van der Waals surface area contributed by atoms with E-state index in [1.165, 1.54) is 17.2 Å². The summed E-state index contributed by atoms with van der Waals surface area (Å²) in [6.45, 7) is 2.33. The van der Waals surface area contributed by atoms with Gasteiger partial charge in [0.15, 0.2) is 11.2 Å². The number of benzene rings is 1. The second kappa shape index (κ2) is 6.84. The second-order valence-corrected chi connectivity index (χ2v) is 5.83. The standard InChI is InChI=1S/C17H21N5O2/c1-20-15-14(16(23)21(2)17(20)24)22(12-19-15)10-6-9-18-11-13-7-4-3-5-8-13/h3-5,7-8,12,18H,6,9-11H2,1-2H3. The van der Waals surface area contributed by atoms with Crippen LogP contribution in [0.4, 0.5) is 0 Å². The first-order chi connectivity index (χ1) is 11.6. The fraction of sp³-hybridized carbons (Fsp3) is 0.353. The van der Waals surface area contributed by atoms with Gasteiger partial charge in [0.25, 0.3) is 5.56 Å². The number of imidazole rings is 1. The summed E-state index contributed by atoms with van der Waals surface area (Å²) in [6.07, 6.45) is 2.49. The lowest BCUT2D eigenvalue weighted by Crippen LogP contribution is -2.37. The molecule has 0 saturated carbocycles. The Kier molecular flexibility index (Phi) is 4.61. The zero-order valence-electron chi connectivity index (χ0n) is 13.9. The molecule has 3 rings (SSSR count). The summed E-state index contributed by atoms with van der Waals surface area (Å²) >= 11 is 0. The van der Waals surface area contributed by atoms with Crippen molar-refractivity contribution in [3.8, 4) is 0 Å². The Morgan fingerprint density at radius 2 is 1.83 bits per heavy atom. The summed E-state index contributed by atoms with van der Waals surface area (Å²) in [5.74, 6) is 0. The summed E-state index contributed by atoms with van der Waals surface area (Å²) < 4.78 is 4.34. The molecule has 2 aromatic heterocycles. The van der Waals surface area contributed by atoms with E-state index in [-0.39, 0.29) is 11.2 Å². The van der Waals surface area contributed by atoms with E-state index in [2.05, 4.69) is 22.4 Å². The van der Waals surface area contributed by atoms with Crippen LogP contribution in [0.2, 0.25) is 0 Å². The number of aryl methyl sites for hydroxylation is 2. The third kappa shape index (κ3) is 3.03. The van der Waals surface area contributed by atoms with E-state index < -0.39 is 0 Å². The molecule has 1 N–H and O–H groups in total. The number of nitrogens with zero attached hydrogens (tertiary/aromatic N) is 4. The van der Waals surface area contributed by atoms with Crippen LogP contribution in [0, 0.1) is 0 Å². The molecule has 0 fully saturated rings. The minimum absolute atomic E-state index is 0.303. The Morgan fingerprint density at radius 3 is 2.58 bits per heavy atom. The van der Waals surface area contributed by atoms with Crippen LogP contribution in [-0.2, 0) is 27.2 Å². The minimum atomic E-state index is -0.359. The molecule has 0 aliphatic carbocycles. The Labute approximate surface area is 139 Å². The van der Waals surface area contributed by atoms with Crippen LogP contribution in [0.1, 0.15) is 12.0 Å². The predicted molar refractivity (Wildman–Crippen MR) is 93.0 cm³/mol. The fourth-order valence-electron chi connectivity index (χ4n) is 2.77. The zero-order chi connectivity index (χ0) is 17.1. The van der Waals surface area contributed by atoms with Crippen molar-refractivity contribution in [1.82, 2.24) is 24.0 Å². The van der Waals surface area contributed by atoms with Crippen LogP contribution in [-0.4, -0.2) is 25.2 Å². The first-order valence-corrected chi connectivity index (χ1v) is 7.95. The van der Waals surface area contributed by atoms with Crippen molar-refractivity contribution < 1.29 is 0 Å². The number of hydrogen-bond donors (Lipinski definition) is 1. The van der Waals surface area contributed by atoms with Crippen molar-refractivity contribution in [2.75, 3.05) is 6.54 Å². The lowest BCUT2D eigenvalue weighted by molar-refractivity contribution is 0.586. The highest BCUT2D eigenvalue weighted by Crippen LogP contribution is 2.06. The molecule has 0 amide bonds. The number of aromatic nitrogens is 4. The van der Waals surface area contributed by atoms with Gasteiger partial charge in [0.1, 0.15) is 0 Å². The summed E-state index contributed by atoms with van der Waals surface area (Å²) in [7, 11) is 3.12. The van der Waals surface area contributed by atoms with E-state index in [0.29, 0.717) is 17.7 Å². The van der Waals surface area contributed by atoms with Crippen LogP contribution in [0.25, 0.3) is 11.2 Å². The third-order valence-corrected chi connectivity index (χ3v) is 4.14. The van der Waals surface area contributed by atoms with Gasteiger partial charge in [-0.25, -0.2) is 9.78 Å². The molecule has 2 heterocycles. The molecule has 0 radical (unpaired) electrons. The second-order valence-electron chi connectivity index (χ2n) is 5.83. The molecular weight excluding hydrogens is 306 g/mol. The molecular formula is C17H21N5O2. The summed E-state index contributed by atoms with van der Waals surface area (Å²) in [4.78, 5) is 28.5. The highest BCUT2D eigenvalue weighted by molar-refractivity contribution is 5.69. The maximum Gasteiger partial charge on any atom is 0.332 e. The maximum absolute atomic E-state index is 12.3. The van der Waals surface area contributed by atoms with Crippen LogP contribution in [0.15, 0.2) is 46.2 Å². The molecule has 24 heavy (non-hydrogen) atoms. The fourth-order valence-corrected chi connectivity index (χ4v) is 2.77. The summed E-state index contributed by atoms with van der Waals surface area (Å²) in [5.41, 5.74) is 1.49. The smallest absolute Gasteiger partial charge is 0.325 e. The Balaban J connectivity index is 1.66. The lowest BCUT2D eigenvalue weighted by Gasteiger charge is -2.08. The molecule has 0 aliphatic rings. The predicted octanol–water partition coefficient (Wildman–Crippen LogP) is 0.614. The molecule has 0 saturated heterocycles. The van der Waals surface area contributed by atoms with Gasteiger partial charge in [0.2, 0.25) is 0 Å². The molecule has 7 nitrogen and oxygen atoms in total. The van der Waals surface area contributed by atoms with E-state index in [4.69, 9.17) is 0 Å². The zero-order valence-corrected chi connectivity index (χ0v) is 13.9. The van der Waals surface area contributed by atoms with E-state index in [1.807, 2.05) is 22.8 Å². The molecule has 0 atom stereocenters. The Hall–Kier alpha value is -2.67. The van der Waals surface area contributed by atoms with Crippen LogP contribution >= 0.6 is 0 Å². The SMILES string of the molecule is Cn1c(=O)c2c(ncn2CCCNCc2ccccc2)n(C)c1=O. The van der Waals surface area contributed by atoms with Crippen molar-refractivity contribution in [2.45, 2.75) is 19.5 Å². The molecule has 126 valence electrons.